The van der Waals surface area contributed by atoms with Crippen molar-refractivity contribution in [2.24, 2.45) is 5.92 Å². The number of benzene rings is 3. The Labute approximate surface area is 253 Å². The first kappa shape index (κ1) is 32.8. The van der Waals surface area contributed by atoms with Crippen LogP contribution in [0.1, 0.15) is 25.0 Å². The van der Waals surface area contributed by atoms with Crippen LogP contribution >= 0.6 is 11.6 Å². The Kier molecular flexibility index (Phi) is 11.6. The molecule has 0 spiro atoms. The van der Waals surface area contributed by atoms with Gasteiger partial charge in [-0.2, -0.15) is 0 Å². The molecule has 9 nitrogen and oxygen atoms in total. The molecule has 1 atom stereocenters. The van der Waals surface area contributed by atoms with Crippen LogP contribution in [-0.2, 0) is 32.6 Å². The number of amides is 2. The summed E-state index contributed by atoms with van der Waals surface area (Å²) in [5.74, 6) is -0.0803. The summed E-state index contributed by atoms with van der Waals surface area (Å²) in [6.45, 7) is 3.78. The first-order chi connectivity index (χ1) is 19.9. The third kappa shape index (κ3) is 8.87. The van der Waals surface area contributed by atoms with Crippen molar-refractivity contribution >= 4 is 39.1 Å². The van der Waals surface area contributed by atoms with Gasteiger partial charge in [0, 0.05) is 30.6 Å². The summed E-state index contributed by atoms with van der Waals surface area (Å²) in [5, 5.41) is 3.38. The Balaban J connectivity index is 2.10. The molecule has 0 aliphatic heterocycles. The lowest BCUT2D eigenvalue weighted by Crippen LogP contribution is -2.53. The number of carbonyl (C=O) groups excluding carboxylic acids is 2. The Morgan fingerprint density at radius 1 is 0.952 bits per heavy atom. The fourth-order valence-corrected chi connectivity index (χ4v) is 5.42. The van der Waals surface area contributed by atoms with Gasteiger partial charge < -0.3 is 19.7 Å². The molecule has 0 aliphatic rings. The number of methoxy groups -OCH3 is 2. The lowest BCUT2D eigenvalue weighted by molar-refractivity contribution is -0.140. The summed E-state index contributed by atoms with van der Waals surface area (Å²) < 4.78 is 37.8. The minimum absolute atomic E-state index is 0.0115. The minimum Gasteiger partial charge on any atom is -0.497 e. The predicted molar refractivity (Wildman–Crippen MR) is 166 cm³/mol. The number of nitrogens with one attached hydrogen (secondary N) is 1. The van der Waals surface area contributed by atoms with Crippen LogP contribution in [0.5, 0.6) is 11.5 Å². The Bertz CT molecular complexity index is 1470. The van der Waals surface area contributed by atoms with E-state index < -0.39 is 28.5 Å². The smallest absolute Gasteiger partial charge is 0.244 e. The largest absolute Gasteiger partial charge is 0.497 e. The normalized spacial score (nSPS) is 12.0. The van der Waals surface area contributed by atoms with Crippen LogP contribution in [0.15, 0.2) is 72.8 Å². The molecule has 0 aromatic heterocycles. The van der Waals surface area contributed by atoms with E-state index in [1.165, 1.54) is 31.3 Å². The van der Waals surface area contributed by atoms with Crippen molar-refractivity contribution in [3.05, 3.63) is 88.9 Å². The first-order valence-corrected chi connectivity index (χ1v) is 15.7. The number of hydrogen-bond donors (Lipinski definition) is 1. The van der Waals surface area contributed by atoms with E-state index >= 15 is 0 Å². The number of rotatable bonds is 14. The molecule has 0 radical (unpaired) electrons. The maximum atomic E-state index is 14.2. The SMILES string of the molecule is COc1ccc(N(CC(=O)N(Cc2ccccc2Cl)[C@@H](Cc2ccccc2)C(=O)NCC(C)C)S(C)(=O)=O)c(OC)c1. The summed E-state index contributed by atoms with van der Waals surface area (Å²) in [4.78, 5) is 29.3. The van der Waals surface area contributed by atoms with Gasteiger partial charge in [-0.1, -0.05) is 74.0 Å². The topological polar surface area (TPSA) is 105 Å². The van der Waals surface area contributed by atoms with E-state index in [-0.39, 0.29) is 36.2 Å². The van der Waals surface area contributed by atoms with Crippen molar-refractivity contribution in [1.82, 2.24) is 10.2 Å². The lowest BCUT2D eigenvalue weighted by atomic mass is 10.0. The molecule has 2 amide bonds. The van der Waals surface area contributed by atoms with Gasteiger partial charge in [-0.05, 0) is 35.2 Å². The number of sulfonamides is 1. The van der Waals surface area contributed by atoms with E-state index in [1.54, 1.807) is 30.3 Å². The molecule has 3 aromatic rings. The van der Waals surface area contributed by atoms with E-state index in [0.29, 0.717) is 22.9 Å². The van der Waals surface area contributed by atoms with Crippen LogP contribution in [0.3, 0.4) is 0 Å². The molecule has 0 aliphatic carbocycles. The molecule has 0 unspecified atom stereocenters. The van der Waals surface area contributed by atoms with Crippen molar-refractivity contribution in [3.8, 4) is 11.5 Å². The number of nitrogens with zero attached hydrogens (tertiary/aromatic N) is 2. The molecule has 11 heteroatoms. The van der Waals surface area contributed by atoms with Crippen molar-refractivity contribution in [1.29, 1.82) is 0 Å². The molecule has 1 N–H and O–H groups in total. The van der Waals surface area contributed by atoms with E-state index in [2.05, 4.69) is 5.32 Å². The summed E-state index contributed by atoms with van der Waals surface area (Å²) in [7, 11) is -1.08. The maximum absolute atomic E-state index is 14.2. The Hall–Kier alpha value is -3.76. The molecule has 0 saturated heterocycles. The minimum atomic E-state index is -3.97. The first-order valence-electron chi connectivity index (χ1n) is 13.5. The second-order valence-corrected chi connectivity index (χ2v) is 12.6. The Morgan fingerprint density at radius 2 is 1.62 bits per heavy atom. The van der Waals surface area contributed by atoms with Crippen LogP contribution in [0.4, 0.5) is 5.69 Å². The third-order valence-corrected chi connectivity index (χ3v) is 8.08. The van der Waals surface area contributed by atoms with Crippen molar-refractivity contribution in [2.75, 3.05) is 37.9 Å². The van der Waals surface area contributed by atoms with Crippen molar-refractivity contribution in [2.45, 2.75) is 32.9 Å². The van der Waals surface area contributed by atoms with E-state index in [9.17, 15) is 18.0 Å². The fourth-order valence-electron chi connectivity index (χ4n) is 4.37. The second-order valence-electron chi connectivity index (χ2n) is 10.3. The summed E-state index contributed by atoms with van der Waals surface area (Å²) in [6, 6.07) is 20.1. The van der Waals surface area contributed by atoms with Crippen molar-refractivity contribution in [3.63, 3.8) is 0 Å². The van der Waals surface area contributed by atoms with Gasteiger partial charge in [-0.3, -0.25) is 13.9 Å². The summed E-state index contributed by atoms with van der Waals surface area (Å²) in [6.07, 6.45) is 1.23. The zero-order valence-electron chi connectivity index (χ0n) is 24.5. The van der Waals surface area contributed by atoms with Gasteiger partial charge in [0.2, 0.25) is 21.8 Å². The molecular formula is C31H38ClN3O6S. The van der Waals surface area contributed by atoms with Crippen LogP contribution in [-0.4, -0.2) is 64.7 Å². The lowest BCUT2D eigenvalue weighted by Gasteiger charge is -2.34. The highest BCUT2D eigenvalue weighted by Crippen LogP contribution is 2.34. The molecule has 42 heavy (non-hydrogen) atoms. The van der Waals surface area contributed by atoms with Crippen LogP contribution in [0, 0.1) is 5.92 Å². The number of halogens is 1. The van der Waals surface area contributed by atoms with Gasteiger partial charge >= 0.3 is 0 Å². The average Bonchev–Trinajstić information content (AvgIpc) is 2.96. The highest BCUT2D eigenvalue weighted by atomic mass is 35.5. The van der Waals surface area contributed by atoms with Crippen LogP contribution in [0.2, 0.25) is 5.02 Å². The molecule has 0 fully saturated rings. The molecule has 0 heterocycles. The van der Waals surface area contributed by atoms with Gasteiger partial charge in [-0.25, -0.2) is 8.42 Å². The number of hydrogen-bond acceptors (Lipinski definition) is 6. The maximum Gasteiger partial charge on any atom is 0.244 e. The Morgan fingerprint density at radius 3 is 2.21 bits per heavy atom. The average molecular weight is 616 g/mol. The van der Waals surface area contributed by atoms with Gasteiger partial charge in [-0.15, -0.1) is 0 Å². The zero-order chi connectivity index (χ0) is 30.9. The summed E-state index contributed by atoms with van der Waals surface area (Å²) in [5.41, 5.74) is 1.63. The molecule has 226 valence electrons. The number of carbonyl (C=O) groups is 2. The van der Waals surface area contributed by atoms with E-state index in [4.69, 9.17) is 21.1 Å². The second kappa shape index (κ2) is 14.9. The highest BCUT2D eigenvalue weighted by molar-refractivity contribution is 7.92. The van der Waals surface area contributed by atoms with Gasteiger partial charge in [0.1, 0.15) is 24.1 Å². The molecule has 3 aromatic carbocycles. The number of ether oxygens (including phenoxy) is 2. The van der Waals surface area contributed by atoms with E-state index in [0.717, 1.165) is 16.1 Å². The molecular weight excluding hydrogens is 578 g/mol. The quantitative estimate of drug-likeness (QED) is 0.286. The van der Waals surface area contributed by atoms with E-state index in [1.807, 2.05) is 44.2 Å². The van der Waals surface area contributed by atoms with Crippen LogP contribution in [0.25, 0.3) is 0 Å². The molecule has 0 saturated carbocycles. The fraction of sp³-hybridized carbons (Fsp3) is 0.355. The standard InChI is InChI=1S/C31H38ClN3O6S/c1-22(2)19-33-31(37)28(17-23-11-7-6-8-12-23)34(20-24-13-9-10-14-26(24)32)30(36)21-35(42(5,38)39)27-16-15-25(40-3)18-29(27)41-4/h6-16,18,22,28H,17,19-21H2,1-5H3,(H,33,37)/t28-/m0/s1. The van der Waals surface area contributed by atoms with Crippen molar-refractivity contribution < 1.29 is 27.5 Å². The molecule has 0 bridgehead atoms. The van der Waals surface area contributed by atoms with Gasteiger partial charge in [0.15, 0.2) is 0 Å². The summed E-state index contributed by atoms with van der Waals surface area (Å²) >= 11 is 6.49. The third-order valence-electron chi connectivity index (χ3n) is 6.59. The predicted octanol–water partition coefficient (Wildman–Crippen LogP) is 4.54. The monoisotopic (exact) mass is 615 g/mol. The van der Waals surface area contributed by atoms with Crippen LogP contribution < -0.4 is 19.1 Å². The highest BCUT2D eigenvalue weighted by Gasteiger charge is 2.34. The van der Waals surface area contributed by atoms with Gasteiger partial charge in [0.05, 0.1) is 26.2 Å². The zero-order valence-corrected chi connectivity index (χ0v) is 26.1. The molecule has 3 rings (SSSR count). The van der Waals surface area contributed by atoms with Gasteiger partial charge in [0.25, 0.3) is 0 Å². The number of anilines is 1.